The van der Waals surface area contributed by atoms with Crippen molar-refractivity contribution >= 4 is 58.2 Å². The number of rotatable bonds is 5. The number of hydrogen-bond donors (Lipinski definition) is 0. The first-order chi connectivity index (χ1) is 15.2. The summed E-state index contributed by atoms with van der Waals surface area (Å²) in [5.41, 5.74) is 3.19. The Balaban J connectivity index is 1.50. The molecule has 10 heteroatoms. The fourth-order valence-electron chi connectivity index (χ4n) is 3.78. The molecule has 0 saturated carbocycles. The van der Waals surface area contributed by atoms with E-state index in [2.05, 4.69) is 63.0 Å². The standard InChI is InChI=1S/C22H20Br2F2N2O2S2/c1-2-13-3-5-14(6-4-13)18-12-31-22(27-18)28-9-7-15(8-10-28)32(29,30)21-19(24)17(25)11-16(23)20(21)26/h3-6,11-12,15H,2,7-10H2,1H3. The molecule has 0 amide bonds. The summed E-state index contributed by atoms with van der Waals surface area (Å²) >= 11 is 7.33. The largest absolute Gasteiger partial charge is 0.348 e. The van der Waals surface area contributed by atoms with E-state index in [1.807, 2.05) is 10.3 Å². The summed E-state index contributed by atoms with van der Waals surface area (Å²) in [5, 5.41) is 2.03. The molecule has 0 N–H and O–H groups in total. The van der Waals surface area contributed by atoms with Crippen molar-refractivity contribution in [1.82, 2.24) is 4.98 Å². The van der Waals surface area contributed by atoms with Crippen LogP contribution in [0, 0.1) is 11.6 Å². The minimum absolute atomic E-state index is 0.212. The number of anilines is 1. The summed E-state index contributed by atoms with van der Waals surface area (Å²) in [5.74, 6) is -1.80. The molecule has 0 bridgehead atoms. The van der Waals surface area contributed by atoms with Crippen molar-refractivity contribution in [2.45, 2.75) is 36.3 Å². The Morgan fingerprint density at radius 2 is 1.81 bits per heavy atom. The van der Waals surface area contributed by atoms with Crippen LogP contribution in [-0.4, -0.2) is 31.7 Å². The lowest BCUT2D eigenvalue weighted by Crippen LogP contribution is -2.39. The molecular weight excluding hydrogens is 586 g/mol. The molecule has 0 spiro atoms. The van der Waals surface area contributed by atoms with Crippen LogP contribution >= 0.6 is 43.2 Å². The Labute approximate surface area is 206 Å². The number of aryl methyl sites for hydroxylation is 1. The first-order valence-corrected chi connectivity index (χ1v) is 14.1. The van der Waals surface area contributed by atoms with E-state index in [1.54, 1.807) is 0 Å². The first kappa shape index (κ1) is 23.8. The number of hydrogen-bond acceptors (Lipinski definition) is 5. The predicted molar refractivity (Wildman–Crippen MR) is 131 cm³/mol. The lowest BCUT2D eigenvalue weighted by molar-refractivity contribution is 0.512. The van der Waals surface area contributed by atoms with E-state index in [9.17, 15) is 17.2 Å². The average Bonchev–Trinajstić information content (AvgIpc) is 3.28. The van der Waals surface area contributed by atoms with Crippen molar-refractivity contribution in [2.24, 2.45) is 0 Å². The van der Waals surface area contributed by atoms with Crippen molar-refractivity contribution in [3.8, 4) is 11.3 Å². The minimum Gasteiger partial charge on any atom is -0.348 e. The smallest absolute Gasteiger partial charge is 0.185 e. The molecule has 0 atom stereocenters. The van der Waals surface area contributed by atoms with Crippen LogP contribution in [0.15, 0.2) is 49.6 Å². The van der Waals surface area contributed by atoms with Gasteiger partial charge in [-0.15, -0.1) is 11.3 Å². The van der Waals surface area contributed by atoms with Gasteiger partial charge >= 0.3 is 0 Å². The van der Waals surface area contributed by atoms with Crippen molar-refractivity contribution in [3.05, 3.63) is 61.9 Å². The highest BCUT2D eigenvalue weighted by atomic mass is 79.9. The van der Waals surface area contributed by atoms with Crippen molar-refractivity contribution in [1.29, 1.82) is 0 Å². The monoisotopic (exact) mass is 604 g/mol. The van der Waals surface area contributed by atoms with Gasteiger partial charge in [0.2, 0.25) is 0 Å². The molecule has 4 nitrogen and oxygen atoms in total. The predicted octanol–water partition coefficient (Wildman–Crippen LogP) is 6.62. The molecular formula is C22H20Br2F2N2O2S2. The van der Waals surface area contributed by atoms with Crippen LogP contribution in [0.2, 0.25) is 0 Å². The van der Waals surface area contributed by atoms with Crippen LogP contribution in [-0.2, 0) is 16.3 Å². The highest BCUT2D eigenvalue weighted by molar-refractivity contribution is 9.11. The van der Waals surface area contributed by atoms with E-state index in [1.165, 1.54) is 16.9 Å². The fourth-order valence-corrected chi connectivity index (χ4v) is 8.03. The Bertz CT molecular complexity index is 1210. The Kier molecular flexibility index (Phi) is 7.05. The molecule has 170 valence electrons. The average molecular weight is 606 g/mol. The second kappa shape index (κ2) is 9.48. The van der Waals surface area contributed by atoms with Gasteiger partial charge < -0.3 is 4.90 Å². The summed E-state index contributed by atoms with van der Waals surface area (Å²) < 4.78 is 54.4. The summed E-state index contributed by atoms with van der Waals surface area (Å²) in [6, 6.07) is 9.20. The molecule has 0 radical (unpaired) electrons. The van der Waals surface area contributed by atoms with Gasteiger partial charge in [-0.25, -0.2) is 22.2 Å². The van der Waals surface area contributed by atoms with Gasteiger partial charge in [0.25, 0.3) is 0 Å². The Morgan fingerprint density at radius 1 is 1.16 bits per heavy atom. The molecule has 0 aliphatic carbocycles. The van der Waals surface area contributed by atoms with E-state index >= 15 is 0 Å². The summed E-state index contributed by atoms with van der Waals surface area (Å²) in [6.07, 6.45) is 1.60. The number of nitrogens with zero attached hydrogens (tertiary/aromatic N) is 2. The van der Waals surface area contributed by atoms with Crippen LogP contribution in [0.4, 0.5) is 13.9 Å². The van der Waals surface area contributed by atoms with Crippen LogP contribution in [0.1, 0.15) is 25.3 Å². The Hall–Kier alpha value is -1.36. The second-order valence-corrected chi connectivity index (χ2v) is 12.2. The lowest BCUT2D eigenvalue weighted by Gasteiger charge is -2.31. The maximum absolute atomic E-state index is 14.6. The number of aromatic nitrogens is 1. The summed E-state index contributed by atoms with van der Waals surface area (Å²) in [4.78, 5) is 6.16. The number of benzene rings is 2. The van der Waals surface area contributed by atoms with Gasteiger partial charge in [0, 0.05) is 24.0 Å². The molecule has 1 fully saturated rings. The number of thiazole rings is 1. The normalized spacial score (nSPS) is 15.3. The Morgan fingerprint density at radius 3 is 2.44 bits per heavy atom. The lowest BCUT2D eigenvalue weighted by atomic mass is 10.1. The third-order valence-corrected chi connectivity index (χ3v) is 10.5. The molecule has 1 aliphatic rings. The quantitative estimate of drug-likeness (QED) is 0.307. The van der Waals surface area contributed by atoms with E-state index in [0.29, 0.717) is 25.9 Å². The van der Waals surface area contributed by atoms with Crippen molar-refractivity contribution in [2.75, 3.05) is 18.0 Å². The van der Waals surface area contributed by atoms with Gasteiger partial charge in [0.15, 0.2) is 20.8 Å². The van der Waals surface area contributed by atoms with Crippen LogP contribution in [0.5, 0.6) is 0 Å². The van der Waals surface area contributed by atoms with Gasteiger partial charge in [-0.05, 0) is 62.8 Å². The second-order valence-electron chi connectivity index (χ2n) is 7.59. The van der Waals surface area contributed by atoms with Crippen molar-refractivity contribution in [3.63, 3.8) is 0 Å². The van der Waals surface area contributed by atoms with Gasteiger partial charge in [-0.1, -0.05) is 31.2 Å². The number of halogens is 4. The van der Waals surface area contributed by atoms with Gasteiger partial charge in [0.1, 0.15) is 10.7 Å². The van der Waals surface area contributed by atoms with Gasteiger partial charge in [-0.2, -0.15) is 0 Å². The summed E-state index contributed by atoms with van der Waals surface area (Å²) in [6.45, 7) is 3.06. The molecule has 0 unspecified atom stereocenters. The van der Waals surface area contributed by atoms with E-state index in [4.69, 9.17) is 4.98 Å². The first-order valence-electron chi connectivity index (χ1n) is 10.1. The molecule has 2 aromatic carbocycles. The van der Waals surface area contributed by atoms with Gasteiger partial charge in [0.05, 0.1) is 19.9 Å². The van der Waals surface area contributed by atoms with E-state index in [-0.39, 0.29) is 8.95 Å². The third-order valence-electron chi connectivity index (χ3n) is 5.66. The third kappa shape index (κ3) is 4.51. The molecule has 4 rings (SSSR count). The van der Waals surface area contributed by atoms with E-state index in [0.717, 1.165) is 28.9 Å². The SMILES string of the molecule is CCc1ccc(-c2csc(N3CCC(S(=O)(=O)c4c(F)c(Br)cc(F)c4Br)CC3)n2)cc1. The maximum Gasteiger partial charge on any atom is 0.185 e. The zero-order valence-corrected chi connectivity index (χ0v) is 21.9. The van der Waals surface area contributed by atoms with Crippen molar-refractivity contribution < 1.29 is 17.2 Å². The molecule has 1 saturated heterocycles. The molecule has 1 aliphatic heterocycles. The number of sulfone groups is 1. The topological polar surface area (TPSA) is 50.3 Å². The van der Waals surface area contributed by atoms with Crippen LogP contribution < -0.4 is 4.90 Å². The number of piperidine rings is 1. The highest BCUT2D eigenvalue weighted by Crippen LogP contribution is 2.37. The van der Waals surface area contributed by atoms with E-state index < -0.39 is 31.6 Å². The molecule has 2 heterocycles. The molecule has 3 aromatic rings. The summed E-state index contributed by atoms with van der Waals surface area (Å²) in [7, 11) is -4.05. The fraction of sp³-hybridized carbons (Fsp3) is 0.318. The molecule has 32 heavy (non-hydrogen) atoms. The van der Waals surface area contributed by atoms with Crippen LogP contribution in [0.3, 0.4) is 0 Å². The van der Waals surface area contributed by atoms with Crippen LogP contribution in [0.25, 0.3) is 11.3 Å². The molecule has 1 aromatic heterocycles. The highest BCUT2D eigenvalue weighted by Gasteiger charge is 2.37. The minimum atomic E-state index is -4.05. The maximum atomic E-state index is 14.6. The van der Waals surface area contributed by atoms with Gasteiger partial charge in [-0.3, -0.25) is 0 Å². The zero-order chi connectivity index (χ0) is 23.0. The zero-order valence-electron chi connectivity index (χ0n) is 17.1.